The Hall–Kier alpha value is -1.84. The van der Waals surface area contributed by atoms with Gasteiger partial charge in [-0.3, -0.25) is 4.68 Å². The molecule has 1 aliphatic rings. The molecule has 0 amide bonds. The number of aromatic nitrogens is 2. The summed E-state index contributed by atoms with van der Waals surface area (Å²) in [7, 11) is 1.99. The van der Waals surface area contributed by atoms with E-state index in [2.05, 4.69) is 27.5 Å². The highest BCUT2D eigenvalue weighted by Gasteiger charge is 2.21. The molecule has 110 valence electrons. The predicted octanol–water partition coefficient (Wildman–Crippen LogP) is 2.11. The van der Waals surface area contributed by atoms with Crippen molar-refractivity contribution in [3.63, 3.8) is 0 Å². The summed E-state index contributed by atoms with van der Waals surface area (Å²) in [5, 5.41) is 18.6. The van der Waals surface area contributed by atoms with Crippen molar-refractivity contribution in [2.45, 2.75) is 25.4 Å². The van der Waals surface area contributed by atoms with Gasteiger partial charge in [-0.25, -0.2) is 0 Å². The van der Waals surface area contributed by atoms with Gasteiger partial charge in [0, 0.05) is 49.0 Å². The van der Waals surface area contributed by atoms with Crippen molar-refractivity contribution in [1.29, 1.82) is 5.26 Å². The van der Waals surface area contributed by atoms with Gasteiger partial charge in [-0.1, -0.05) is 0 Å². The van der Waals surface area contributed by atoms with Crippen LogP contribution in [-0.4, -0.2) is 28.9 Å². The first-order valence-corrected chi connectivity index (χ1v) is 8.08. The Morgan fingerprint density at radius 3 is 3.19 bits per heavy atom. The zero-order valence-corrected chi connectivity index (χ0v) is 12.9. The van der Waals surface area contributed by atoms with Crippen molar-refractivity contribution in [3.8, 4) is 6.07 Å². The number of nitrogens with zero attached hydrogens (tertiary/aromatic N) is 4. The van der Waals surface area contributed by atoms with Crippen LogP contribution in [0, 0.1) is 11.3 Å². The molecule has 1 aliphatic heterocycles. The number of nitrogens with one attached hydrogen (secondary N) is 1. The lowest BCUT2D eigenvalue weighted by Gasteiger charge is -2.34. The molecule has 2 aromatic rings. The highest BCUT2D eigenvalue weighted by Crippen LogP contribution is 2.20. The average Bonchev–Trinajstić information content (AvgIpc) is 3.14. The van der Waals surface area contributed by atoms with Gasteiger partial charge in [0.15, 0.2) is 0 Å². The summed E-state index contributed by atoms with van der Waals surface area (Å²) >= 11 is 1.65. The van der Waals surface area contributed by atoms with Gasteiger partial charge in [0.2, 0.25) is 0 Å². The lowest BCUT2D eigenvalue weighted by atomic mass is 10.1. The topological polar surface area (TPSA) is 56.9 Å². The number of anilines is 1. The maximum Gasteiger partial charge on any atom is 0.126 e. The molecule has 3 rings (SSSR count). The van der Waals surface area contributed by atoms with Gasteiger partial charge in [-0.2, -0.15) is 10.4 Å². The molecule has 1 saturated heterocycles. The van der Waals surface area contributed by atoms with Crippen LogP contribution in [0.15, 0.2) is 23.7 Å². The van der Waals surface area contributed by atoms with E-state index in [1.165, 1.54) is 23.5 Å². The summed E-state index contributed by atoms with van der Waals surface area (Å²) in [5.74, 6) is 1.18. The molecule has 0 bridgehead atoms. The molecule has 0 aromatic carbocycles. The summed E-state index contributed by atoms with van der Waals surface area (Å²) in [6.45, 7) is 2.95. The average molecular weight is 301 g/mol. The van der Waals surface area contributed by atoms with Crippen molar-refractivity contribution in [3.05, 3.63) is 34.2 Å². The van der Waals surface area contributed by atoms with Gasteiger partial charge in [0.1, 0.15) is 11.9 Å². The smallest absolute Gasteiger partial charge is 0.126 e. The number of thiophene rings is 1. The third kappa shape index (κ3) is 3.26. The fraction of sp³-hybridized carbons (Fsp3) is 0.467. The van der Waals surface area contributed by atoms with E-state index in [-0.39, 0.29) is 0 Å². The fourth-order valence-corrected chi connectivity index (χ4v) is 3.57. The molecule has 1 fully saturated rings. The standard InChI is InChI=1S/C15H19N5S/c1-19-15(4-5-18-19)20-6-2-3-13(10-20)17-9-14-7-12(8-16)11-21-14/h4-5,7,11,13,17H,2-3,6,9-10H2,1H3. The van der Waals surface area contributed by atoms with E-state index in [4.69, 9.17) is 5.26 Å². The molecule has 1 atom stereocenters. The van der Waals surface area contributed by atoms with Gasteiger partial charge >= 0.3 is 0 Å². The van der Waals surface area contributed by atoms with Crippen LogP contribution in [0.2, 0.25) is 0 Å². The minimum absolute atomic E-state index is 0.487. The van der Waals surface area contributed by atoms with Crippen molar-refractivity contribution in [2.24, 2.45) is 7.05 Å². The highest BCUT2D eigenvalue weighted by molar-refractivity contribution is 7.10. The van der Waals surface area contributed by atoms with Crippen LogP contribution in [0.4, 0.5) is 5.82 Å². The van der Waals surface area contributed by atoms with E-state index < -0.39 is 0 Å². The summed E-state index contributed by atoms with van der Waals surface area (Å²) in [6, 6.07) is 6.71. The number of rotatable bonds is 4. The third-order valence-electron chi connectivity index (χ3n) is 3.89. The number of hydrogen-bond donors (Lipinski definition) is 1. The first-order chi connectivity index (χ1) is 10.3. The summed E-state index contributed by atoms with van der Waals surface area (Å²) in [5.41, 5.74) is 0.761. The van der Waals surface area contributed by atoms with Crippen LogP contribution < -0.4 is 10.2 Å². The van der Waals surface area contributed by atoms with E-state index in [9.17, 15) is 0 Å². The first kappa shape index (κ1) is 14.1. The van der Waals surface area contributed by atoms with Crippen LogP contribution in [0.3, 0.4) is 0 Å². The summed E-state index contributed by atoms with van der Waals surface area (Å²) in [6.07, 6.45) is 4.24. The zero-order chi connectivity index (χ0) is 14.7. The maximum atomic E-state index is 8.86. The molecule has 2 aromatic heterocycles. The largest absolute Gasteiger partial charge is 0.355 e. The second-order valence-electron chi connectivity index (χ2n) is 5.39. The molecule has 1 N–H and O–H groups in total. The molecule has 3 heterocycles. The summed E-state index contributed by atoms with van der Waals surface area (Å²) < 4.78 is 1.93. The molecule has 5 nitrogen and oxygen atoms in total. The van der Waals surface area contributed by atoms with Crippen molar-refractivity contribution < 1.29 is 0 Å². The van der Waals surface area contributed by atoms with Gasteiger partial charge in [-0.05, 0) is 18.9 Å². The Morgan fingerprint density at radius 2 is 2.48 bits per heavy atom. The fourth-order valence-electron chi connectivity index (χ4n) is 2.81. The number of aryl methyl sites for hydroxylation is 1. The van der Waals surface area contributed by atoms with E-state index in [1.807, 2.05) is 29.4 Å². The van der Waals surface area contributed by atoms with E-state index in [0.717, 1.165) is 25.2 Å². The van der Waals surface area contributed by atoms with E-state index in [0.29, 0.717) is 6.04 Å². The number of hydrogen-bond acceptors (Lipinski definition) is 5. The van der Waals surface area contributed by atoms with Crippen LogP contribution in [0.1, 0.15) is 23.3 Å². The second kappa shape index (κ2) is 6.29. The zero-order valence-electron chi connectivity index (χ0n) is 12.1. The van der Waals surface area contributed by atoms with Crippen molar-refractivity contribution in [1.82, 2.24) is 15.1 Å². The molecule has 0 saturated carbocycles. The highest BCUT2D eigenvalue weighted by atomic mass is 32.1. The molecule has 0 radical (unpaired) electrons. The minimum Gasteiger partial charge on any atom is -0.355 e. The van der Waals surface area contributed by atoms with E-state index >= 15 is 0 Å². The summed E-state index contributed by atoms with van der Waals surface area (Å²) in [4.78, 5) is 3.62. The Kier molecular flexibility index (Phi) is 4.23. The lowest BCUT2D eigenvalue weighted by Crippen LogP contribution is -2.46. The van der Waals surface area contributed by atoms with Crippen LogP contribution in [0.5, 0.6) is 0 Å². The van der Waals surface area contributed by atoms with Crippen molar-refractivity contribution >= 4 is 17.2 Å². The first-order valence-electron chi connectivity index (χ1n) is 7.20. The van der Waals surface area contributed by atoms with Gasteiger partial charge in [-0.15, -0.1) is 11.3 Å². The molecule has 0 spiro atoms. The lowest BCUT2D eigenvalue weighted by molar-refractivity contribution is 0.418. The van der Waals surface area contributed by atoms with Crippen LogP contribution in [0.25, 0.3) is 0 Å². The van der Waals surface area contributed by atoms with E-state index in [1.54, 1.807) is 11.3 Å². The van der Waals surface area contributed by atoms with Gasteiger partial charge in [0.25, 0.3) is 0 Å². The Bertz CT molecular complexity index is 639. The Balaban J connectivity index is 1.57. The Labute approximate surface area is 128 Å². The Morgan fingerprint density at radius 1 is 1.57 bits per heavy atom. The number of nitriles is 1. The quantitative estimate of drug-likeness (QED) is 0.940. The maximum absolute atomic E-state index is 8.86. The molecule has 0 aliphatic carbocycles. The molecule has 1 unspecified atom stereocenters. The molecular weight excluding hydrogens is 282 g/mol. The minimum atomic E-state index is 0.487. The third-order valence-corrected chi connectivity index (χ3v) is 4.82. The molecular formula is C15H19N5S. The SMILES string of the molecule is Cn1nccc1N1CCCC(NCc2cc(C#N)cs2)C1. The predicted molar refractivity (Wildman–Crippen MR) is 84.3 cm³/mol. The van der Waals surface area contributed by atoms with Crippen LogP contribution >= 0.6 is 11.3 Å². The van der Waals surface area contributed by atoms with Gasteiger partial charge < -0.3 is 10.2 Å². The second-order valence-corrected chi connectivity index (χ2v) is 6.39. The number of piperidine rings is 1. The van der Waals surface area contributed by atoms with Gasteiger partial charge in [0.05, 0.1) is 11.8 Å². The molecule has 21 heavy (non-hydrogen) atoms. The molecule has 6 heteroatoms. The normalized spacial score (nSPS) is 18.7. The monoisotopic (exact) mass is 301 g/mol. The van der Waals surface area contributed by atoms with Crippen LogP contribution in [-0.2, 0) is 13.6 Å². The van der Waals surface area contributed by atoms with Crippen molar-refractivity contribution in [2.75, 3.05) is 18.0 Å².